The molecule has 94 valence electrons. The van der Waals surface area contributed by atoms with E-state index in [1.807, 2.05) is 0 Å². The van der Waals surface area contributed by atoms with Crippen LogP contribution in [-0.2, 0) is 6.61 Å². The summed E-state index contributed by atoms with van der Waals surface area (Å²) >= 11 is 0. The second-order valence-corrected chi connectivity index (χ2v) is 3.79. The van der Waals surface area contributed by atoms with Crippen LogP contribution in [0.15, 0.2) is 30.5 Å². The molecule has 5 heteroatoms. The van der Waals surface area contributed by atoms with Gasteiger partial charge in [-0.3, -0.25) is 0 Å². The van der Waals surface area contributed by atoms with Gasteiger partial charge in [-0.05, 0) is 30.2 Å². The summed E-state index contributed by atoms with van der Waals surface area (Å²) in [7, 11) is 0. The number of hydrogen-bond donors (Lipinski definition) is 1. The highest BCUT2D eigenvalue weighted by Gasteiger charge is 2.09. The molecule has 0 amide bonds. The van der Waals surface area contributed by atoms with E-state index in [0.29, 0.717) is 11.1 Å². The highest BCUT2D eigenvalue weighted by molar-refractivity contribution is 5.36. The number of aliphatic hydroxyl groups excluding tert-OH is 1. The first-order chi connectivity index (χ1) is 8.60. The Labute approximate surface area is 103 Å². The number of aryl methyl sites for hydroxylation is 1. The van der Waals surface area contributed by atoms with Crippen molar-refractivity contribution in [2.24, 2.45) is 0 Å². The Morgan fingerprint density at radius 3 is 2.67 bits per heavy atom. The molecule has 1 aromatic heterocycles. The molecule has 2 rings (SSSR count). The molecule has 18 heavy (non-hydrogen) atoms. The maximum Gasteiger partial charge on any atom is 0.219 e. The van der Waals surface area contributed by atoms with Crippen molar-refractivity contribution in [2.75, 3.05) is 0 Å². The lowest BCUT2D eigenvalue weighted by molar-refractivity contribution is 0.281. The molecule has 0 saturated heterocycles. The topological polar surface area (TPSA) is 42.4 Å². The number of nitrogens with zero attached hydrogens (tertiary/aromatic N) is 1. The number of hydrogen-bond acceptors (Lipinski definition) is 3. The fourth-order valence-electron chi connectivity index (χ4n) is 1.46. The van der Waals surface area contributed by atoms with Crippen molar-refractivity contribution < 1.29 is 18.6 Å². The highest BCUT2D eigenvalue weighted by atomic mass is 19.2. The van der Waals surface area contributed by atoms with Crippen LogP contribution in [0.5, 0.6) is 11.6 Å². The second-order valence-electron chi connectivity index (χ2n) is 3.79. The van der Waals surface area contributed by atoms with Gasteiger partial charge in [-0.25, -0.2) is 13.8 Å². The maximum absolute atomic E-state index is 13.1. The molecule has 0 unspecified atom stereocenters. The fraction of sp³-hybridized carbons (Fsp3) is 0.154. The van der Waals surface area contributed by atoms with Crippen LogP contribution in [0.3, 0.4) is 0 Å². The van der Waals surface area contributed by atoms with Crippen molar-refractivity contribution in [3.8, 4) is 11.6 Å². The minimum Gasteiger partial charge on any atom is -0.439 e. The highest BCUT2D eigenvalue weighted by Crippen LogP contribution is 2.26. The minimum absolute atomic E-state index is 0.143. The Balaban J connectivity index is 2.30. The maximum atomic E-state index is 13.1. The van der Waals surface area contributed by atoms with Crippen molar-refractivity contribution in [2.45, 2.75) is 13.5 Å². The summed E-state index contributed by atoms with van der Waals surface area (Å²) in [6.07, 6.45) is 1.47. The molecule has 0 radical (unpaired) electrons. The van der Waals surface area contributed by atoms with Crippen molar-refractivity contribution in [3.63, 3.8) is 0 Å². The summed E-state index contributed by atoms with van der Waals surface area (Å²) in [4.78, 5) is 3.93. The third-order valence-corrected chi connectivity index (χ3v) is 2.41. The van der Waals surface area contributed by atoms with Crippen LogP contribution in [0.2, 0.25) is 0 Å². The van der Waals surface area contributed by atoms with Crippen LogP contribution in [0.1, 0.15) is 11.1 Å². The SMILES string of the molecule is Cc1cc(F)c(F)cc1Oc1cc(CO)ccn1. The van der Waals surface area contributed by atoms with E-state index in [2.05, 4.69) is 4.98 Å². The van der Waals surface area contributed by atoms with Gasteiger partial charge in [-0.2, -0.15) is 0 Å². The monoisotopic (exact) mass is 251 g/mol. The zero-order valence-corrected chi connectivity index (χ0v) is 9.65. The van der Waals surface area contributed by atoms with Crippen LogP contribution in [0.25, 0.3) is 0 Å². The van der Waals surface area contributed by atoms with Gasteiger partial charge in [0, 0.05) is 18.3 Å². The zero-order chi connectivity index (χ0) is 13.1. The molecular formula is C13H11F2NO2. The van der Waals surface area contributed by atoms with Gasteiger partial charge < -0.3 is 9.84 Å². The Morgan fingerprint density at radius 2 is 1.94 bits per heavy atom. The fourth-order valence-corrected chi connectivity index (χ4v) is 1.46. The average molecular weight is 251 g/mol. The van der Waals surface area contributed by atoms with Gasteiger partial charge in [-0.15, -0.1) is 0 Å². The van der Waals surface area contributed by atoms with Crippen LogP contribution >= 0.6 is 0 Å². The molecule has 0 spiro atoms. The normalized spacial score (nSPS) is 10.4. The average Bonchev–Trinajstić information content (AvgIpc) is 2.36. The van der Waals surface area contributed by atoms with Crippen LogP contribution in [0, 0.1) is 18.6 Å². The summed E-state index contributed by atoms with van der Waals surface area (Å²) in [5.41, 5.74) is 1.09. The molecule has 1 N–H and O–H groups in total. The summed E-state index contributed by atoms with van der Waals surface area (Å²) < 4.78 is 31.4. The van der Waals surface area contributed by atoms with Crippen LogP contribution in [-0.4, -0.2) is 10.1 Å². The van der Waals surface area contributed by atoms with Gasteiger partial charge >= 0.3 is 0 Å². The van der Waals surface area contributed by atoms with Gasteiger partial charge in [0.1, 0.15) is 5.75 Å². The first kappa shape index (κ1) is 12.4. The molecule has 1 heterocycles. The molecule has 2 aromatic rings. The smallest absolute Gasteiger partial charge is 0.219 e. The standard InChI is InChI=1S/C13H11F2NO2/c1-8-4-10(14)11(15)6-12(8)18-13-5-9(7-17)2-3-16-13/h2-6,17H,7H2,1H3. The molecule has 0 aliphatic carbocycles. The summed E-state index contributed by atoms with van der Waals surface area (Å²) in [6.45, 7) is 1.46. The number of halogens is 2. The molecule has 3 nitrogen and oxygen atoms in total. The quantitative estimate of drug-likeness (QED) is 0.911. The van der Waals surface area contributed by atoms with E-state index in [9.17, 15) is 8.78 Å². The lowest BCUT2D eigenvalue weighted by Crippen LogP contribution is -1.95. The molecule has 0 fully saturated rings. The van der Waals surface area contributed by atoms with E-state index in [-0.39, 0.29) is 18.2 Å². The number of ether oxygens (including phenoxy) is 1. The van der Waals surface area contributed by atoms with Gasteiger partial charge in [-0.1, -0.05) is 0 Å². The van der Waals surface area contributed by atoms with Crippen molar-refractivity contribution in [3.05, 3.63) is 53.2 Å². The third-order valence-electron chi connectivity index (χ3n) is 2.41. The number of benzene rings is 1. The number of aromatic nitrogens is 1. The number of pyridine rings is 1. The number of aliphatic hydroxyl groups is 1. The molecule has 0 aliphatic rings. The van der Waals surface area contributed by atoms with Crippen LogP contribution < -0.4 is 4.74 Å². The lowest BCUT2D eigenvalue weighted by atomic mass is 10.2. The van der Waals surface area contributed by atoms with E-state index in [0.717, 1.165) is 12.1 Å². The Kier molecular flexibility index (Phi) is 3.53. The summed E-state index contributed by atoms with van der Waals surface area (Å²) in [6, 6.07) is 5.18. The Bertz CT molecular complexity index is 573. The molecule has 0 atom stereocenters. The molecule has 0 saturated carbocycles. The summed E-state index contributed by atoms with van der Waals surface area (Å²) in [5, 5.41) is 8.97. The van der Waals surface area contributed by atoms with E-state index in [1.165, 1.54) is 12.3 Å². The van der Waals surface area contributed by atoms with Crippen LogP contribution in [0.4, 0.5) is 8.78 Å². The predicted octanol–water partition coefficient (Wildman–Crippen LogP) is 2.95. The minimum atomic E-state index is -0.978. The molecular weight excluding hydrogens is 240 g/mol. The lowest BCUT2D eigenvalue weighted by Gasteiger charge is -2.09. The third kappa shape index (κ3) is 2.62. The van der Waals surface area contributed by atoms with Crippen molar-refractivity contribution in [1.29, 1.82) is 0 Å². The Hall–Kier alpha value is -2.01. The molecule has 1 aromatic carbocycles. The predicted molar refractivity (Wildman–Crippen MR) is 61.3 cm³/mol. The zero-order valence-electron chi connectivity index (χ0n) is 9.65. The van der Waals surface area contributed by atoms with Gasteiger partial charge in [0.05, 0.1) is 6.61 Å². The molecule has 0 bridgehead atoms. The largest absolute Gasteiger partial charge is 0.439 e. The van der Waals surface area contributed by atoms with E-state index in [1.54, 1.807) is 13.0 Å². The van der Waals surface area contributed by atoms with Crippen molar-refractivity contribution in [1.82, 2.24) is 4.98 Å². The first-order valence-corrected chi connectivity index (χ1v) is 5.29. The van der Waals surface area contributed by atoms with Crippen molar-refractivity contribution >= 4 is 0 Å². The number of rotatable bonds is 3. The summed E-state index contributed by atoms with van der Waals surface area (Å²) in [5.74, 6) is -1.49. The van der Waals surface area contributed by atoms with E-state index in [4.69, 9.17) is 9.84 Å². The second kappa shape index (κ2) is 5.10. The van der Waals surface area contributed by atoms with E-state index >= 15 is 0 Å². The first-order valence-electron chi connectivity index (χ1n) is 5.29. The molecule has 0 aliphatic heterocycles. The Morgan fingerprint density at radius 1 is 1.22 bits per heavy atom. The van der Waals surface area contributed by atoms with Gasteiger partial charge in [0.25, 0.3) is 0 Å². The van der Waals surface area contributed by atoms with Gasteiger partial charge in [0.15, 0.2) is 11.6 Å². The van der Waals surface area contributed by atoms with E-state index < -0.39 is 11.6 Å². The van der Waals surface area contributed by atoms with Gasteiger partial charge in [0.2, 0.25) is 5.88 Å².